The van der Waals surface area contributed by atoms with Crippen LogP contribution in [0.2, 0.25) is 0 Å². The lowest BCUT2D eigenvalue weighted by atomic mass is 10.0. The summed E-state index contributed by atoms with van der Waals surface area (Å²) in [5.74, 6) is 2.60. The Labute approximate surface area is 152 Å². The summed E-state index contributed by atoms with van der Waals surface area (Å²) in [5.41, 5.74) is 1.00. The van der Waals surface area contributed by atoms with Crippen LogP contribution in [0.3, 0.4) is 0 Å². The van der Waals surface area contributed by atoms with Crippen molar-refractivity contribution in [2.24, 2.45) is 0 Å². The number of hydrogen-bond donors (Lipinski definition) is 1. The van der Waals surface area contributed by atoms with Gasteiger partial charge in [-0.2, -0.15) is 4.98 Å². The molecule has 2 amide bonds. The number of amides is 2. The number of piperidine rings is 1. The lowest BCUT2D eigenvalue weighted by Gasteiger charge is -2.33. The van der Waals surface area contributed by atoms with Gasteiger partial charge < -0.3 is 19.5 Å². The Bertz CT molecular complexity index is 772. The van der Waals surface area contributed by atoms with Crippen molar-refractivity contribution >= 4 is 6.03 Å². The number of rotatable bonds is 5. The minimum Gasteiger partial charge on any atom is -0.497 e. The van der Waals surface area contributed by atoms with Crippen molar-refractivity contribution in [3.63, 3.8) is 0 Å². The molecule has 1 saturated heterocycles. The van der Waals surface area contributed by atoms with Crippen LogP contribution in [-0.2, 0) is 6.54 Å². The van der Waals surface area contributed by atoms with Crippen LogP contribution in [0.4, 0.5) is 4.79 Å². The van der Waals surface area contributed by atoms with Gasteiger partial charge in [-0.15, -0.1) is 0 Å². The van der Waals surface area contributed by atoms with E-state index in [2.05, 4.69) is 15.5 Å². The first-order chi connectivity index (χ1) is 12.7. The average Bonchev–Trinajstić information content (AvgIpc) is 3.43. The summed E-state index contributed by atoms with van der Waals surface area (Å²) in [6.07, 6.45) is 5.18. The third-order valence-electron chi connectivity index (χ3n) is 5.03. The minimum atomic E-state index is -0.131. The Hall–Kier alpha value is -2.57. The van der Waals surface area contributed by atoms with Gasteiger partial charge in [0, 0.05) is 19.0 Å². The highest BCUT2D eigenvalue weighted by molar-refractivity contribution is 5.74. The normalized spacial score (nSPS) is 20.0. The smallest absolute Gasteiger partial charge is 0.318 e. The van der Waals surface area contributed by atoms with Crippen molar-refractivity contribution in [1.82, 2.24) is 20.4 Å². The third kappa shape index (κ3) is 3.66. The van der Waals surface area contributed by atoms with E-state index in [1.165, 1.54) is 0 Å². The van der Waals surface area contributed by atoms with Crippen molar-refractivity contribution in [1.29, 1.82) is 0 Å². The quantitative estimate of drug-likeness (QED) is 0.888. The number of aromatic nitrogens is 2. The fourth-order valence-electron chi connectivity index (χ4n) is 3.38. The second kappa shape index (κ2) is 7.35. The molecule has 7 heteroatoms. The number of methoxy groups -OCH3 is 1. The number of carbonyl (C=O) groups is 1. The van der Waals surface area contributed by atoms with E-state index in [0.29, 0.717) is 24.9 Å². The Kier molecular flexibility index (Phi) is 4.77. The van der Waals surface area contributed by atoms with Crippen LogP contribution in [0.1, 0.15) is 61.3 Å². The number of nitrogens with zero attached hydrogens (tertiary/aromatic N) is 3. The monoisotopic (exact) mass is 356 g/mol. The summed E-state index contributed by atoms with van der Waals surface area (Å²) in [6, 6.07) is 7.48. The second-order valence-corrected chi connectivity index (χ2v) is 6.98. The summed E-state index contributed by atoms with van der Waals surface area (Å²) in [7, 11) is 1.64. The number of carbonyl (C=O) groups excluding carboxylic acids is 1. The summed E-state index contributed by atoms with van der Waals surface area (Å²) < 4.78 is 10.7. The van der Waals surface area contributed by atoms with Crippen molar-refractivity contribution in [3.8, 4) is 5.75 Å². The molecule has 1 N–H and O–H groups in total. The molecule has 1 aromatic heterocycles. The van der Waals surface area contributed by atoms with Crippen LogP contribution in [0, 0.1) is 0 Å². The summed E-state index contributed by atoms with van der Waals surface area (Å²) >= 11 is 0. The van der Waals surface area contributed by atoms with Crippen LogP contribution >= 0.6 is 0 Å². The van der Waals surface area contributed by atoms with Crippen molar-refractivity contribution < 1.29 is 14.1 Å². The van der Waals surface area contributed by atoms with Crippen LogP contribution in [0.5, 0.6) is 5.75 Å². The highest BCUT2D eigenvalue weighted by Gasteiger charge is 2.34. The summed E-state index contributed by atoms with van der Waals surface area (Å²) in [6.45, 7) is 1.16. The fourth-order valence-corrected chi connectivity index (χ4v) is 3.38. The zero-order chi connectivity index (χ0) is 17.9. The van der Waals surface area contributed by atoms with Gasteiger partial charge in [0.15, 0.2) is 5.82 Å². The molecule has 0 spiro atoms. The van der Waals surface area contributed by atoms with Crippen molar-refractivity contribution in [2.75, 3.05) is 13.7 Å². The van der Waals surface area contributed by atoms with E-state index < -0.39 is 0 Å². The lowest BCUT2D eigenvalue weighted by molar-refractivity contribution is 0.131. The van der Waals surface area contributed by atoms with Crippen molar-refractivity contribution in [3.05, 3.63) is 41.5 Å². The predicted molar refractivity (Wildman–Crippen MR) is 94.8 cm³/mol. The molecule has 4 rings (SSSR count). The summed E-state index contributed by atoms with van der Waals surface area (Å²) in [4.78, 5) is 19.1. The van der Waals surface area contributed by atoms with Crippen LogP contribution in [0.25, 0.3) is 0 Å². The largest absolute Gasteiger partial charge is 0.497 e. The predicted octanol–water partition coefficient (Wildman–Crippen LogP) is 3.39. The van der Waals surface area contributed by atoms with Gasteiger partial charge >= 0.3 is 6.03 Å². The molecule has 1 saturated carbocycles. The molecule has 2 aliphatic rings. The number of urea groups is 1. The number of likely N-dealkylation sites (tertiary alicyclic amines) is 1. The number of hydrogen-bond acceptors (Lipinski definition) is 5. The van der Waals surface area contributed by atoms with E-state index in [9.17, 15) is 4.79 Å². The number of ether oxygens (including phenoxy) is 1. The zero-order valence-electron chi connectivity index (χ0n) is 15.0. The Balaban J connectivity index is 1.42. The molecule has 138 valence electrons. The molecule has 2 heterocycles. The second-order valence-electron chi connectivity index (χ2n) is 6.98. The number of nitrogens with one attached hydrogen (secondary N) is 1. The van der Waals surface area contributed by atoms with Crippen molar-refractivity contribution in [2.45, 2.75) is 50.6 Å². The van der Waals surface area contributed by atoms with Gasteiger partial charge in [-0.3, -0.25) is 0 Å². The maximum Gasteiger partial charge on any atom is 0.318 e. The molecule has 0 radical (unpaired) electrons. The Morgan fingerprint density at radius 3 is 3.04 bits per heavy atom. The van der Waals surface area contributed by atoms with E-state index in [0.717, 1.165) is 49.2 Å². The molecule has 1 aliphatic heterocycles. The molecule has 1 unspecified atom stereocenters. The van der Waals surface area contributed by atoms with E-state index in [4.69, 9.17) is 9.26 Å². The topological polar surface area (TPSA) is 80.5 Å². The summed E-state index contributed by atoms with van der Waals surface area (Å²) in [5, 5.41) is 7.10. The standard InChI is InChI=1S/C19H24N4O3/c1-25-15-6-4-5-13(11-15)12-20-19(24)23-10-3-2-7-16(23)18-21-17(22-26-18)14-8-9-14/h4-6,11,14,16H,2-3,7-10,12H2,1H3,(H,20,24). The van der Waals surface area contributed by atoms with Gasteiger partial charge in [-0.25, -0.2) is 4.79 Å². The molecule has 1 atom stereocenters. The third-order valence-corrected chi connectivity index (χ3v) is 5.03. The number of benzene rings is 1. The first-order valence-corrected chi connectivity index (χ1v) is 9.25. The van der Waals surface area contributed by atoms with E-state index >= 15 is 0 Å². The van der Waals surface area contributed by atoms with Crippen LogP contribution in [0.15, 0.2) is 28.8 Å². The van der Waals surface area contributed by atoms with E-state index in [1.54, 1.807) is 7.11 Å². The molecule has 1 aliphatic carbocycles. The lowest BCUT2D eigenvalue weighted by Crippen LogP contribution is -2.44. The molecule has 0 bridgehead atoms. The van der Waals surface area contributed by atoms with Gasteiger partial charge in [0.1, 0.15) is 11.8 Å². The van der Waals surface area contributed by atoms with Gasteiger partial charge in [0.25, 0.3) is 0 Å². The Morgan fingerprint density at radius 1 is 1.35 bits per heavy atom. The molecule has 2 aromatic rings. The van der Waals surface area contributed by atoms with Crippen LogP contribution < -0.4 is 10.1 Å². The molecule has 2 fully saturated rings. The highest BCUT2D eigenvalue weighted by Crippen LogP contribution is 2.39. The molecule has 26 heavy (non-hydrogen) atoms. The SMILES string of the molecule is COc1cccc(CNC(=O)N2CCCCC2c2nc(C3CC3)no2)c1. The molecule has 7 nitrogen and oxygen atoms in total. The zero-order valence-corrected chi connectivity index (χ0v) is 15.0. The molecule has 1 aromatic carbocycles. The van der Waals surface area contributed by atoms with E-state index in [1.807, 2.05) is 29.2 Å². The maximum atomic E-state index is 12.8. The average molecular weight is 356 g/mol. The first-order valence-electron chi connectivity index (χ1n) is 9.25. The maximum absolute atomic E-state index is 12.8. The fraction of sp³-hybridized carbons (Fsp3) is 0.526. The van der Waals surface area contributed by atoms with Crippen LogP contribution in [-0.4, -0.2) is 34.7 Å². The minimum absolute atomic E-state index is 0.0938. The van der Waals surface area contributed by atoms with Gasteiger partial charge in [0.2, 0.25) is 5.89 Å². The van der Waals surface area contributed by atoms with E-state index in [-0.39, 0.29) is 12.1 Å². The molecular formula is C19H24N4O3. The first kappa shape index (κ1) is 16.9. The molecular weight excluding hydrogens is 332 g/mol. The van der Waals surface area contributed by atoms with Gasteiger partial charge in [-0.1, -0.05) is 17.3 Å². The highest BCUT2D eigenvalue weighted by atomic mass is 16.5. The Morgan fingerprint density at radius 2 is 2.23 bits per heavy atom. The van der Waals surface area contributed by atoms with Gasteiger partial charge in [-0.05, 0) is 49.8 Å². The van der Waals surface area contributed by atoms with Gasteiger partial charge in [0.05, 0.1) is 7.11 Å².